The molecular formula is C14H18O4. The number of rotatable bonds is 3. The molecule has 1 aromatic carbocycles. The van der Waals surface area contributed by atoms with Crippen LogP contribution >= 0.6 is 0 Å². The highest BCUT2D eigenvalue weighted by Crippen LogP contribution is 2.39. The predicted molar refractivity (Wildman–Crippen MR) is 67.4 cm³/mol. The number of carbonyl (C=O) groups is 1. The number of benzene rings is 1. The topological polar surface area (TPSA) is 55.8 Å². The molecule has 1 N–H and O–H groups in total. The van der Waals surface area contributed by atoms with E-state index >= 15 is 0 Å². The van der Waals surface area contributed by atoms with Crippen LogP contribution in [0.3, 0.4) is 0 Å². The second-order valence-corrected chi connectivity index (χ2v) is 5.27. The van der Waals surface area contributed by atoms with Gasteiger partial charge < -0.3 is 14.6 Å². The van der Waals surface area contributed by atoms with Crippen LogP contribution in [-0.4, -0.2) is 24.3 Å². The van der Waals surface area contributed by atoms with Gasteiger partial charge in [0.05, 0.1) is 6.42 Å². The highest BCUT2D eigenvalue weighted by atomic mass is 16.6. The highest BCUT2D eigenvalue weighted by molar-refractivity contribution is 5.69. The van der Waals surface area contributed by atoms with Gasteiger partial charge in [-0.25, -0.2) is 0 Å². The molecule has 0 aromatic heterocycles. The van der Waals surface area contributed by atoms with E-state index in [0.29, 0.717) is 13.2 Å². The Bertz CT molecular complexity index is 477. The molecule has 1 aliphatic rings. The third-order valence-electron chi connectivity index (χ3n) is 3.20. The van der Waals surface area contributed by atoms with Crippen LogP contribution in [0.2, 0.25) is 0 Å². The second kappa shape index (κ2) is 4.52. The van der Waals surface area contributed by atoms with Gasteiger partial charge in [-0.15, -0.1) is 0 Å². The molecule has 18 heavy (non-hydrogen) atoms. The van der Waals surface area contributed by atoms with Gasteiger partial charge >= 0.3 is 5.97 Å². The summed E-state index contributed by atoms with van der Waals surface area (Å²) in [6.45, 7) is 6.90. The van der Waals surface area contributed by atoms with E-state index in [1.807, 2.05) is 32.9 Å². The summed E-state index contributed by atoms with van der Waals surface area (Å²) in [6.07, 6.45) is 0.0894. The van der Waals surface area contributed by atoms with Crippen molar-refractivity contribution in [1.82, 2.24) is 0 Å². The Morgan fingerprint density at radius 3 is 2.67 bits per heavy atom. The van der Waals surface area contributed by atoms with Crippen molar-refractivity contribution in [3.8, 4) is 11.5 Å². The monoisotopic (exact) mass is 250 g/mol. The van der Waals surface area contributed by atoms with Crippen molar-refractivity contribution in [2.75, 3.05) is 13.2 Å². The Balaban J connectivity index is 2.40. The molecule has 1 aromatic rings. The van der Waals surface area contributed by atoms with E-state index < -0.39 is 11.4 Å². The summed E-state index contributed by atoms with van der Waals surface area (Å²) >= 11 is 0. The molecule has 0 atom stereocenters. The number of carboxylic acids is 1. The molecule has 0 aliphatic carbocycles. The Kier molecular flexibility index (Phi) is 3.20. The van der Waals surface area contributed by atoms with E-state index in [0.717, 1.165) is 22.6 Å². The van der Waals surface area contributed by atoms with Crippen molar-refractivity contribution < 1.29 is 19.4 Å². The molecule has 1 aliphatic heterocycles. The fourth-order valence-corrected chi connectivity index (χ4v) is 2.20. The van der Waals surface area contributed by atoms with Crippen LogP contribution in [0.5, 0.6) is 11.5 Å². The first-order valence-corrected chi connectivity index (χ1v) is 6.03. The molecule has 2 rings (SSSR count). The molecule has 0 unspecified atom stereocenters. The molecule has 0 fully saturated rings. The van der Waals surface area contributed by atoms with Crippen molar-refractivity contribution in [2.45, 2.75) is 32.6 Å². The van der Waals surface area contributed by atoms with Crippen LogP contribution in [0, 0.1) is 6.92 Å². The van der Waals surface area contributed by atoms with Crippen LogP contribution in [-0.2, 0) is 10.2 Å². The number of aliphatic carboxylic acids is 1. The normalized spacial score (nSPS) is 14.4. The average Bonchev–Trinajstić information content (AvgIpc) is 2.27. The quantitative estimate of drug-likeness (QED) is 0.895. The third-order valence-corrected chi connectivity index (χ3v) is 3.20. The van der Waals surface area contributed by atoms with Crippen LogP contribution < -0.4 is 9.47 Å². The summed E-state index contributed by atoms with van der Waals surface area (Å²) in [4.78, 5) is 10.9. The first-order valence-electron chi connectivity index (χ1n) is 6.03. The molecule has 0 saturated carbocycles. The van der Waals surface area contributed by atoms with E-state index in [1.54, 1.807) is 0 Å². The lowest BCUT2D eigenvalue weighted by Crippen LogP contribution is -2.23. The van der Waals surface area contributed by atoms with Crippen LogP contribution in [0.15, 0.2) is 12.1 Å². The Morgan fingerprint density at radius 1 is 1.33 bits per heavy atom. The number of fused-ring (bicyclic) bond motifs is 1. The van der Waals surface area contributed by atoms with Gasteiger partial charge in [-0.1, -0.05) is 19.9 Å². The Labute approximate surface area is 107 Å². The molecular weight excluding hydrogens is 232 g/mol. The summed E-state index contributed by atoms with van der Waals surface area (Å²) < 4.78 is 11.1. The minimum Gasteiger partial charge on any atom is -0.486 e. The second-order valence-electron chi connectivity index (χ2n) is 5.27. The maximum absolute atomic E-state index is 10.9. The zero-order chi connectivity index (χ0) is 13.3. The highest BCUT2D eigenvalue weighted by Gasteiger charge is 2.27. The SMILES string of the molecule is Cc1cc(C(C)(C)CC(=O)O)cc2c1OCCO2. The number of hydrogen-bond donors (Lipinski definition) is 1. The number of carboxylic acid groups (broad SMARTS) is 1. The minimum atomic E-state index is -0.799. The third kappa shape index (κ3) is 2.42. The van der Waals surface area contributed by atoms with E-state index in [1.165, 1.54) is 0 Å². The van der Waals surface area contributed by atoms with Crippen LogP contribution in [0.1, 0.15) is 31.4 Å². The largest absolute Gasteiger partial charge is 0.486 e. The molecule has 4 heteroatoms. The van der Waals surface area contributed by atoms with Gasteiger partial charge in [0.15, 0.2) is 11.5 Å². The van der Waals surface area contributed by atoms with Crippen molar-refractivity contribution in [2.24, 2.45) is 0 Å². The standard InChI is InChI=1S/C14H18O4/c1-9-6-10(14(2,3)8-12(15)16)7-11-13(9)18-5-4-17-11/h6-7H,4-5,8H2,1-3H3,(H,15,16). The zero-order valence-electron chi connectivity index (χ0n) is 10.9. The zero-order valence-corrected chi connectivity index (χ0v) is 10.9. The van der Waals surface area contributed by atoms with Gasteiger partial charge in [-0.3, -0.25) is 4.79 Å². The lowest BCUT2D eigenvalue weighted by atomic mass is 9.81. The lowest BCUT2D eigenvalue weighted by molar-refractivity contribution is -0.138. The molecule has 98 valence electrons. The Morgan fingerprint density at radius 2 is 2.00 bits per heavy atom. The minimum absolute atomic E-state index is 0.0894. The number of ether oxygens (including phenoxy) is 2. The molecule has 0 radical (unpaired) electrons. The van der Waals surface area contributed by atoms with Crippen LogP contribution in [0.4, 0.5) is 0 Å². The maximum atomic E-state index is 10.9. The van der Waals surface area contributed by atoms with Gasteiger partial charge in [0.25, 0.3) is 0 Å². The molecule has 1 heterocycles. The molecule has 0 amide bonds. The number of hydrogen-bond acceptors (Lipinski definition) is 3. The summed E-state index contributed by atoms with van der Waals surface area (Å²) in [5.41, 5.74) is 1.53. The van der Waals surface area contributed by atoms with E-state index in [9.17, 15) is 4.79 Å². The lowest BCUT2D eigenvalue weighted by Gasteiger charge is -2.27. The summed E-state index contributed by atoms with van der Waals surface area (Å²) in [6, 6.07) is 3.88. The van der Waals surface area contributed by atoms with E-state index in [4.69, 9.17) is 14.6 Å². The summed E-state index contributed by atoms with van der Waals surface area (Å²) in [5, 5.41) is 8.96. The van der Waals surface area contributed by atoms with E-state index in [-0.39, 0.29) is 6.42 Å². The predicted octanol–water partition coefficient (Wildman–Crippen LogP) is 2.52. The van der Waals surface area contributed by atoms with Crippen molar-refractivity contribution >= 4 is 5.97 Å². The van der Waals surface area contributed by atoms with Crippen LogP contribution in [0.25, 0.3) is 0 Å². The fourth-order valence-electron chi connectivity index (χ4n) is 2.20. The smallest absolute Gasteiger partial charge is 0.304 e. The van der Waals surface area contributed by atoms with Gasteiger partial charge in [0, 0.05) is 5.41 Å². The van der Waals surface area contributed by atoms with Crippen molar-refractivity contribution in [3.05, 3.63) is 23.3 Å². The van der Waals surface area contributed by atoms with Crippen molar-refractivity contribution in [3.63, 3.8) is 0 Å². The van der Waals surface area contributed by atoms with Gasteiger partial charge in [0.2, 0.25) is 0 Å². The Hall–Kier alpha value is -1.71. The van der Waals surface area contributed by atoms with Gasteiger partial charge in [0.1, 0.15) is 13.2 Å². The molecule has 0 spiro atoms. The fraction of sp³-hybridized carbons (Fsp3) is 0.500. The number of aryl methyl sites for hydroxylation is 1. The molecule has 0 saturated heterocycles. The average molecular weight is 250 g/mol. The summed E-state index contributed by atoms with van der Waals surface area (Å²) in [5.74, 6) is 0.693. The maximum Gasteiger partial charge on any atom is 0.304 e. The summed E-state index contributed by atoms with van der Waals surface area (Å²) in [7, 11) is 0. The molecule has 4 nitrogen and oxygen atoms in total. The van der Waals surface area contributed by atoms with Crippen molar-refractivity contribution in [1.29, 1.82) is 0 Å². The van der Waals surface area contributed by atoms with E-state index in [2.05, 4.69) is 0 Å². The van der Waals surface area contributed by atoms with Gasteiger partial charge in [-0.05, 0) is 24.1 Å². The molecule has 0 bridgehead atoms. The van der Waals surface area contributed by atoms with Gasteiger partial charge in [-0.2, -0.15) is 0 Å². The first kappa shape index (κ1) is 12.7. The first-order chi connectivity index (χ1) is 8.40.